The number of hydrogen-bond donors (Lipinski definition) is 0. The Morgan fingerprint density at radius 3 is 2.73 bits per heavy atom. The van der Waals surface area contributed by atoms with Gasteiger partial charge in [0.2, 0.25) is 5.88 Å². The number of aromatic nitrogens is 4. The number of amides is 1. The second-order valence-electron chi connectivity index (χ2n) is 7.41. The monoisotopic (exact) mass is 399 g/mol. The molecule has 1 fully saturated rings. The number of para-hydroxylation sites is 2. The van der Waals surface area contributed by atoms with E-state index in [0.717, 1.165) is 29.6 Å². The van der Waals surface area contributed by atoms with E-state index >= 15 is 0 Å². The third-order valence-electron chi connectivity index (χ3n) is 5.27. The van der Waals surface area contributed by atoms with Crippen molar-refractivity contribution in [1.82, 2.24) is 24.4 Å². The van der Waals surface area contributed by atoms with Crippen molar-refractivity contribution >= 4 is 16.9 Å². The van der Waals surface area contributed by atoms with Crippen LogP contribution in [0.2, 0.25) is 0 Å². The second-order valence-corrected chi connectivity index (χ2v) is 7.41. The predicted octanol–water partition coefficient (Wildman–Crippen LogP) is 3.17. The highest BCUT2D eigenvalue weighted by molar-refractivity contribution is 5.94. The van der Waals surface area contributed by atoms with Crippen molar-refractivity contribution < 1.29 is 9.53 Å². The Hall–Kier alpha value is -3.74. The van der Waals surface area contributed by atoms with Crippen molar-refractivity contribution in [3.05, 3.63) is 84.6 Å². The molecule has 0 radical (unpaired) electrons. The molecule has 30 heavy (non-hydrogen) atoms. The summed E-state index contributed by atoms with van der Waals surface area (Å²) in [6, 6.07) is 15.4. The van der Waals surface area contributed by atoms with Crippen LogP contribution in [-0.2, 0) is 6.54 Å². The highest BCUT2D eigenvalue weighted by Gasteiger charge is 2.28. The molecule has 7 heteroatoms. The van der Waals surface area contributed by atoms with E-state index in [9.17, 15) is 4.79 Å². The third kappa shape index (κ3) is 3.87. The first-order valence-corrected chi connectivity index (χ1v) is 9.97. The molecule has 150 valence electrons. The summed E-state index contributed by atoms with van der Waals surface area (Å²) < 4.78 is 8.00. The zero-order valence-electron chi connectivity index (χ0n) is 16.4. The maximum absolute atomic E-state index is 12.9. The first-order valence-electron chi connectivity index (χ1n) is 9.97. The molecule has 1 atom stereocenters. The summed E-state index contributed by atoms with van der Waals surface area (Å²) in [7, 11) is 0. The van der Waals surface area contributed by atoms with Crippen molar-refractivity contribution in [2.24, 2.45) is 0 Å². The number of benzene rings is 2. The van der Waals surface area contributed by atoms with Crippen LogP contribution in [0.15, 0.2) is 73.4 Å². The van der Waals surface area contributed by atoms with Crippen LogP contribution in [0.25, 0.3) is 11.0 Å². The molecule has 0 unspecified atom stereocenters. The maximum Gasteiger partial charge on any atom is 0.253 e. The normalized spacial score (nSPS) is 16.1. The lowest BCUT2D eigenvalue weighted by molar-refractivity contribution is 0.0771. The van der Waals surface area contributed by atoms with E-state index in [4.69, 9.17) is 4.74 Å². The molecule has 7 nitrogen and oxygen atoms in total. The van der Waals surface area contributed by atoms with Gasteiger partial charge in [0, 0.05) is 37.5 Å². The minimum atomic E-state index is -0.0788. The van der Waals surface area contributed by atoms with Crippen LogP contribution in [0.5, 0.6) is 5.88 Å². The molecule has 5 rings (SSSR count). The summed E-state index contributed by atoms with van der Waals surface area (Å²) in [6.07, 6.45) is 7.80. The Balaban J connectivity index is 1.21. The number of carbonyl (C=O) groups is 1. The molecule has 4 aromatic rings. The summed E-state index contributed by atoms with van der Waals surface area (Å²) in [4.78, 5) is 27.7. The standard InChI is InChI=1S/C23H21N5O2/c29-23(18-7-5-17(6-8-18)14-27-12-10-24-16-27)28-11-9-19(15-28)30-22-13-25-20-3-1-2-4-21(20)26-22/h1-8,10,12-13,16,19H,9,11,14-15H2/t19-/m0/s1. The van der Waals surface area contributed by atoms with Crippen LogP contribution in [-0.4, -0.2) is 49.5 Å². The molecule has 1 saturated heterocycles. The van der Waals surface area contributed by atoms with Gasteiger partial charge in [-0.25, -0.2) is 15.0 Å². The Bertz CT molecular complexity index is 1160. The number of carbonyl (C=O) groups excluding carboxylic acids is 1. The fraction of sp³-hybridized carbons (Fsp3) is 0.217. The van der Waals surface area contributed by atoms with E-state index in [-0.39, 0.29) is 12.0 Å². The fourth-order valence-corrected chi connectivity index (χ4v) is 3.70. The molecule has 0 bridgehead atoms. The molecule has 1 aliphatic heterocycles. The highest BCUT2D eigenvalue weighted by atomic mass is 16.5. The van der Waals surface area contributed by atoms with Gasteiger partial charge < -0.3 is 14.2 Å². The molecule has 1 amide bonds. The van der Waals surface area contributed by atoms with Gasteiger partial charge in [-0.1, -0.05) is 24.3 Å². The fourth-order valence-electron chi connectivity index (χ4n) is 3.70. The summed E-state index contributed by atoms with van der Waals surface area (Å²) in [5, 5.41) is 0. The number of rotatable bonds is 5. The van der Waals surface area contributed by atoms with E-state index < -0.39 is 0 Å². The molecular formula is C23H21N5O2. The molecule has 0 spiro atoms. The first-order chi connectivity index (χ1) is 14.7. The van der Waals surface area contributed by atoms with Gasteiger partial charge in [0.1, 0.15) is 6.10 Å². The lowest BCUT2D eigenvalue weighted by atomic mass is 10.1. The zero-order chi connectivity index (χ0) is 20.3. The average molecular weight is 399 g/mol. The quantitative estimate of drug-likeness (QED) is 0.515. The number of likely N-dealkylation sites (tertiary alicyclic amines) is 1. The van der Waals surface area contributed by atoms with E-state index in [0.29, 0.717) is 24.5 Å². The molecule has 1 aliphatic rings. The molecule has 3 heterocycles. The number of hydrogen-bond acceptors (Lipinski definition) is 5. The summed E-state index contributed by atoms with van der Waals surface area (Å²) in [5.74, 6) is 0.525. The van der Waals surface area contributed by atoms with Gasteiger partial charge >= 0.3 is 0 Å². The molecular weight excluding hydrogens is 378 g/mol. The minimum absolute atomic E-state index is 0.0277. The van der Waals surface area contributed by atoms with E-state index in [1.165, 1.54) is 0 Å². The minimum Gasteiger partial charge on any atom is -0.471 e. The van der Waals surface area contributed by atoms with Crippen LogP contribution < -0.4 is 4.74 Å². The average Bonchev–Trinajstić information content (AvgIpc) is 3.46. The third-order valence-corrected chi connectivity index (χ3v) is 5.27. The van der Waals surface area contributed by atoms with Gasteiger partial charge in [0.25, 0.3) is 5.91 Å². The van der Waals surface area contributed by atoms with Crippen LogP contribution in [0.3, 0.4) is 0 Å². The first kappa shape index (κ1) is 18.3. The van der Waals surface area contributed by atoms with Gasteiger partial charge in [-0.15, -0.1) is 0 Å². The number of ether oxygens (including phenoxy) is 1. The molecule has 2 aromatic carbocycles. The van der Waals surface area contributed by atoms with Crippen molar-refractivity contribution in [2.75, 3.05) is 13.1 Å². The largest absolute Gasteiger partial charge is 0.471 e. The summed E-state index contributed by atoms with van der Waals surface area (Å²) in [5.41, 5.74) is 3.46. The topological polar surface area (TPSA) is 73.1 Å². The Kier molecular flexibility index (Phi) is 4.85. The van der Waals surface area contributed by atoms with Gasteiger partial charge in [-0.2, -0.15) is 0 Å². The van der Waals surface area contributed by atoms with E-state index in [1.807, 2.05) is 64.2 Å². The van der Waals surface area contributed by atoms with Crippen molar-refractivity contribution in [2.45, 2.75) is 19.1 Å². The van der Waals surface area contributed by atoms with Gasteiger partial charge in [0.15, 0.2) is 0 Å². The van der Waals surface area contributed by atoms with Gasteiger partial charge in [-0.3, -0.25) is 4.79 Å². The van der Waals surface area contributed by atoms with Crippen molar-refractivity contribution in [3.8, 4) is 5.88 Å². The molecule has 0 saturated carbocycles. The number of fused-ring (bicyclic) bond motifs is 1. The molecule has 0 aliphatic carbocycles. The highest BCUT2D eigenvalue weighted by Crippen LogP contribution is 2.20. The summed E-state index contributed by atoms with van der Waals surface area (Å²) in [6.45, 7) is 1.95. The Labute approximate surface area is 174 Å². The molecule has 2 aromatic heterocycles. The smallest absolute Gasteiger partial charge is 0.253 e. The van der Waals surface area contributed by atoms with Gasteiger partial charge in [-0.05, 0) is 29.8 Å². The Morgan fingerprint density at radius 2 is 1.93 bits per heavy atom. The SMILES string of the molecule is O=C(c1ccc(Cn2ccnc2)cc1)N1CC[C@H](Oc2cnc3ccccc3n2)C1. The lowest BCUT2D eigenvalue weighted by Crippen LogP contribution is -2.31. The maximum atomic E-state index is 12.9. The van der Waals surface area contributed by atoms with Crippen LogP contribution in [0.1, 0.15) is 22.3 Å². The van der Waals surface area contributed by atoms with Gasteiger partial charge in [0.05, 0.1) is 30.1 Å². The Morgan fingerprint density at radius 1 is 1.10 bits per heavy atom. The number of imidazole rings is 1. The lowest BCUT2D eigenvalue weighted by Gasteiger charge is -2.17. The zero-order valence-corrected chi connectivity index (χ0v) is 16.4. The number of nitrogens with zero attached hydrogens (tertiary/aromatic N) is 5. The van der Waals surface area contributed by atoms with Crippen LogP contribution in [0, 0.1) is 0 Å². The van der Waals surface area contributed by atoms with E-state index in [1.54, 1.807) is 18.7 Å². The second kappa shape index (κ2) is 7.94. The van der Waals surface area contributed by atoms with Crippen LogP contribution >= 0.6 is 0 Å². The van der Waals surface area contributed by atoms with Crippen molar-refractivity contribution in [1.29, 1.82) is 0 Å². The van der Waals surface area contributed by atoms with E-state index in [2.05, 4.69) is 15.0 Å². The van der Waals surface area contributed by atoms with Crippen molar-refractivity contribution in [3.63, 3.8) is 0 Å². The molecule has 0 N–H and O–H groups in total. The predicted molar refractivity (Wildman–Crippen MR) is 112 cm³/mol. The van der Waals surface area contributed by atoms with Crippen LogP contribution in [0.4, 0.5) is 0 Å². The summed E-state index contributed by atoms with van der Waals surface area (Å²) >= 11 is 0.